The molecule has 1 aromatic heterocycles. The number of anilines is 3. The van der Waals surface area contributed by atoms with Gasteiger partial charge in [0.2, 0.25) is 6.79 Å². The van der Waals surface area contributed by atoms with Gasteiger partial charge in [-0.2, -0.15) is 0 Å². The number of nitrogens with one attached hydrogen (secondary N) is 3. The molecule has 3 heterocycles. The van der Waals surface area contributed by atoms with Gasteiger partial charge in [-0.15, -0.1) is 0 Å². The molecule has 2 aliphatic rings. The molecule has 44 heavy (non-hydrogen) atoms. The number of amides is 5. The second kappa shape index (κ2) is 12.7. The Labute approximate surface area is 254 Å². The summed E-state index contributed by atoms with van der Waals surface area (Å²) in [6.45, 7) is 7.48. The maximum Gasteiger partial charge on any atom is 0.323 e. The van der Waals surface area contributed by atoms with Crippen molar-refractivity contribution in [3.63, 3.8) is 0 Å². The maximum absolute atomic E-state index is 13.7. The summed E-state index contributed by atoms with van der Waals surface area (Å²) in [5.41, 5.74) is 2.15. The van der Waals surface area contributed by atoms with Crippen molar-refractivity contribution in [2.75, 3.05) is 49.5 Å². The molecule has 0 bridgehead atoms. The third-order valence-electron chi connectivity index (χ3n) is 7.62. The predicted octanol–water partition coefficient (Wildman–Crippen LogP) is 4.05. The lowest BCUT2D eigenvalue weighted by atomic mass is 9.99. The van der Waals surface area contributed by atoms with Crippen LogP contribution in [0.4, 0.5) is 26.7 Å². The van der Waals surface area contributed by atoms with E-state index in [2.05, 4.69) is 21.1 Å². The van der Waals surface area contributed by atoms with Crippen LogP contribution in [0.3, 0.4) is 0 Å². The average Bonchev–Trinajstić information content (AvgIpc) is 3.60. The zero-order valence-corrected chi connectivity index (χ0v) is 25.2. The second-order valence-corrected chi connectivity index (χ2v) is 11.0. The Kier molecular flexibility index (Phi) is 8.81. The van der Waals surface area contributed by atoms with E-state index in [0.29, 0.717) is 45.8 Å². The van der Waals surface area contributed by atoms with Crippen LogP contribution in [-0.4, -0.2) is 83.7 Å². The first kappa shape index (κ1) is 30.5. The van der Waals surface area contributed by atoms with Gasteiger partial charge >= 0.3 is 12.1 Å². The highest BCUT2D eigenvalue weighted by atomic mass is 16.7. The molecular weight excluding hydrogens is 572 g/mol. The zero-order valence-electron chi connectivity index (χ0n) is 25.2. The summed E-state index contributed by atoms with van der Waals surface area (Å²) in [6, 6.07) is 8.43. The molecule has 5 amide bonds. The minimum atomic E-state index is -0.527. The van der Waals surface area contributed by atoms with Crippen molar-refractivity contribution in [2.45, 2.75) is 39.8 Å². The number of benzene rings is 2. The van der Waals surface area contributed by atoms with E-state index in [-0.39, 0.29) is 49.9 Å². The molecule has 3 atom stereocenters. The Morgan fingerprint density at radius 1 is 1.07 bits per heavy atom. The Hall–Kier alpha value is -4.98. The first-order valence-electron chi connectivity index (χ1n) is 14.2. The van der Waals surface area contributed by atoms with Gasteiger partial charge in [0.05, 0.1) is 24.8 Å². The van der Waals surface area contributed by atoms with E-state index < -0.39 is 18.2 Å². The fraction of sp³-hybridized carbons (Fsp3) is 0.400. The first-order valence-corrected chi connectivity index (χ1v) is 14.2. The molecule has 0 saturated heterocycles. The Bertz CT molecular complexity index is 1540. The van der Waals surface area contributed by atoms with E-state index >= 15 is 0 Å². The van der Waals surface area contributed by atoms with E-state index in [9.17, 15) is 19.5 Å². The van der Waals surface area contributed by atoms with Gasteiger partial charge in [0.15, 0.2) is 17.3 Å². The third kappa shape index (κ3) is 6.49. The van der Waals surface area contributed by atoms with Crippen molar-refractivity contribution in [1.29, 1.82) is 0 Å². The van der Waals surface area contributed by atoms with Gasteiger partial charge in [0.1, 0.15) is 23.2 Å². The van der Waals surface area contributed by atoms with E-state index in [1.165, 1.54) is 11.0 Å². The number of aliphatic hydroxyl groups excluding tert-OH is 1. The number of hydrogen-bond donors (Lipinski definition) is 4. The zero-order chi connectivity index (χ0) is 31.5. The summed E-state index contributed by atoms with van der Waals surface area (Å²) in [4.78, 5) is 42.7. The highest BCUT2D eigenvalue weighted by Crippen LogP contribution is 2.35. The molecule has 14 nitrogen and oxygen atoms in total. The highest BCUT2D eigenvalue weighted by molar-refractivity contribution is 6.02. The molecule has 14 heteroatoms. The van der Waals surface area contributed by atoms with E-state index in [1.807, 2.05) is 6.92 Å². The predicted molar refractivity (Wildman–Crippen MR) is 160 cm³/mol. The molecule has 0 radical (unpaired) electrons. The molecule has 0 unspecified atom stereocenters. The van der Waals surface area contributed by atoms with Crippen LogP contribution in [0.15, 0.2) is 40.9 Å². The largest absolute Gasteiger partial charge is 0.487 e. The normalized spacial score (nSPS) is 18.0. The first-order chi connectivity index (χ1) is 21.0. The molecule has 0 aliphatic carbocycles. The molecule has 0 spiro atoms. The maximum atomic E-state index is 13.7. The van der Waals surface area contributed by atoms with Crippen molar-refractivity contribution >= 4 is 35.0 Å². The lowest BCUT2D eigenvalue weighted by molar-refractivity contribution is 0.0371. The number of carbonyl (C=O) groups is 3. The van der Waals surface area contributed by atoms with Crippen LogP contribution in [0.1, 0.15) is 35.7 Å². The van der Waals surface area contributed by atoms with Crippen molar-refractivity contribution < 1.29 is 38.2 Å². The second-order valence-electron chi connectivity index (χ2n) is 11.0. The summed E-state index contributed by atoms with van der Waals surface area (Å²) in [7, 11) is 1.65. The molecule has 4 N–H and O–H groups in total. The van der Waals surface area contributed by atoms with Crippen molar-refractivity contribution in [3.05, 3.63) is 53.4 Å². The molecular formula is C30H36N6O8. The molecule has 3 aromatic rings. The number of aryl methyl sites for hydroxylation is 2. The fourth-order valence-corrected chi connectivity index (χ4v) is 5.00. The molecule has 2 aliphatic heterocycles. The van der Waals surface area contributed by atoms with Crippen molar-refractivity contribution in [3.8, 4) is 17.2 Å². The van der Waals surface area contributed by atoms with Gasteiger partial charge in [-0.3, -0.25) is 4.79 Å². The topological polar surface area (TPSA) is 168 Å². The molecule has 0 fully saturated rings. The number of fused-ring (bicyclic) bond motifs is 2. The number of nitrogens with zero attached hydrogens (tertiary/aromatic N) is 3. The SMILES string of the molecule is Cc1noc(C)c1NC(=O)N(C)C[C@H]1Oc2ccc(NC(=O)Nc3ccc4c(c3)OCO4)cc2C(=O)N([C@@H](C)CO)C[C@H]1C. The van der Waals surface area contributed by atoms with Crippen LogP contribution >= 0.6 is 0 Å². The number of carbonyl (C=O) groups excluding carboxylic acids is 3. The van der Waals surface area contributed by atoms with Crippen LogP contribution in [0.2, 0.25) is 0 Å². The van der Waals surface area contributed by atoms with Crippen LogP contribution in [0.25, 0.3) is 0 Å². The summed E-state index contributed by atoms with van der Waals surface area (Å²) < 4.78 is 22.2. The minimum absolute atomic E-state index is 0.119. The van der Waals surface area contributed by atoms with Crippen LogP contribution in [0, 0.1) is 19.8 Å². The highest BCUT2D eigenvalue weighted by Gasteiger charge is 2.34. The lowest BCUT2D eigenvalue weighted by Gasteiger charge is -2.38. The van der Waals surface area contributed by atoms with Crippen LogP contribution < -0.4 is 30.2 Å². The third-order valence-corrected chi connectivity index (χ3v) is 7.62. The Balaban J connectivity index is 1.34. The number of urea groups is 2. The van der Waals surface area contributed by atoms with Gasteiger partial charge in [-0.1, -0.05) is 12.1 Å². The Morgan fingerprint density at radius 3 is 2.43 bits per heavy atom. The monoisotopic (exact) mass is 608 g/mol. The standard InChI is InChI=1S/C30H36N6O8/c1-16-12-36(17(2)14-37)28(38)22-10-20(31-29(39)32-21-7-9-24-25(11-21)42-15-41-24)6-8-23(22)43-26(16)13-35(5)30(40)33-27-18(3)34-44-19(27)4/h6-11,16-17,26,37H,12-15H2,1-5H3,(H,33,40)(H2,31,32,39)/t16-,17+,26-/m1/s1. The summed E-state index contributed by atoms with van der Waals surface area (Å²) in [5.74, 6) is 1.35. The molecule has 5 rings (SSSR count). The quantitative estimate of drug-likeness (QED) is 0.309. The fourth-order valence-electron chi connectivity index (χ4n) is 5.00. The van der Waals surface area contributed by atoms with Crippen molar-refractivity contribution in [1.82, 2.24) is 15.0 Å². The van der Waals surface area contributed by atoms with E-state index in [4.69, 9.17) is 18.7 Å². The van der Waals surface area contributed by atoms with E-state index in [0.717, 1.165) is 0 Å². The summed E-state index contributed by atoms with van der Waals surface area (Å²) in [5, 5.41) is 22.1. The molecule has 234 valence electrons. The molecule has 0 saturated carbocycles. The van der Waals surface area contributed by atoms with Crippen LogP contribution in [-0.2, 0) is 0 Å². The smallest absolute Gasteiger partial charge is 0.323 e. The summed E-state index contributed by atoms with van der Waals surface area (Å²) in [6.07, 6.45) is -0.510. The number of aromatic nitrogens is 1. The van der Waals surface area contributed by atoms with E-state index in [1.54, 1.807) is 63.1 Å². The lowest BCUT2D eigenvalue weighted by Crippen LogP contribution is -2.50. The van der Waals surface area contributed by atoms with Gasteiger partial charge in [0, 0.05) is 37.0 Å². The number of hydrogen-bond acceptors (Lipinski definition) is 9. The number of aliphatic hydroxyl groups is 1. The van der Waals surface area contributed by atoms with Gasteiger partial charge in [0.25, 0.3) is 5.91 Å². The number of rotatable bonds is 7. The number of ether oxygens (including phenoxy) is 3. The number of likely N-dealkylation sites (N-methyl/N-ethyl adjacent to an activating group) is 1. The van der Waals surface area contributed by atoms with Crippen LogP contribution in [0.5, 0.6) is 17.2 Å². The summed E-state index contributed by atoms with van der Waals surface area (Å²) >= 11 is 0. The Morgan fingerprint density at radius 2 is 1.75 bits per heavy atom. The minimum Gasteiger partial charge on any atom is -0.487 e. The van der Waals surface area contributed by atoms with Crippen molar-refractivity contribution in [2.24, 2.45) is 5.92 Å². The average molecular weight is 609 g/mol. The van der Waals surface area contributed by atoms with Gasteiger partial charge in [-0.05, 0) is 51.1 Å². The van der Waals surface area contributed by atoms with Gasteiger partial charge in [-0.25, -0.2) is 9.59 Å². The van der Waals surface area contributed by atoms with Gasteiger partial charge < -0.3 is 49.6 Å². The molecule has 2 aromatic carbocycles.